The van der Waals surface area contributed by atoms with Crippen molar-refractivity contribution >= 4 is 17.5 Å². The Morgan fingerprint density at radius 2 is 1.69 bits per heavy atom. The Morgan fingerprint density at radius 1 is 1.19 bits per heavy atom. The Bertz CT molecular complexity index is 423. The highest BCUT2D eigenvalue weighted by Crippen LogP contribution is 2.26. The van der Waals surface area contributed by atoms with Crippen molar-refractivity contribution in [2.75, 3.05) is 14.1 Å². The van der Waals surface area contributed by atoms with Gasteiger partial charge in [-0.15, -0.1) is 11.6 Å². The molecule has 0 aliphatic heterocycles. The lowest BCUT2D eigenvalue weighted by atomic mass is 10.1. The minimum absolute atomic E-state index is 0.364. The van der Waals surface area contributed by atoms with Crippen LogP contribution in [0, 0.1) is 17.5 Å². The number of carbonyl (C=O) groups is 1. The number of nitrogens with zero attached hydrogens (tertiary/aromatic N) is 1. The largest absolute Gasteiger partial charge is 0.347 e. The molecule has 1 rings (SSSR count). The highest BCUT2D eigenvalue weighted by atomic mass is 35.5. The number of benzene rings is 1. The van der Waals surface area contributed by atoms with Crippen LogP contribution in [0.2, 0.25) is 0 Å². The first-order valence-electron chi connectivity index (χ1n) is 4.34. The van der Waals surface area contributed by atoms with E-state index in [1.165, 1.54) is 14.1 Å². The molecule has 0 N–H and O–H groups in total. The summed E-state index contributed by atoms with van der Waals surface area (Å²) in [4.78, 5) is 12.5. The first-order chi connectivity index (χ1) is 7.34. The number of alkyl halides is 1. The topological polar surface area (TPSA) is 20.3 Å². The third-order valence-electron chi connectivity index (χ3n) is 1.97. The highest BCUT2D eigenvalue weighted by molar-refractivity contribution is 6.30. The molecular formula is C10H9ClF3NO. The summed E-state index contributed by atoms with van der Waals surface area (Å²) < 4.78 is 38.7. The number of carbonyl (C=O) groups excluding carboxylic acids is 1. The van der Waals surface area contributed by atoms with Crippen molar-refractivity contribution < 1.29 is 18.0 Å². The molecule has 1 unspecified atom stereocenters. The lowest BCUT2D eigenvalue weighted by Gasteiger charge is -2.16. The number of hydrogen-bond acceptors (Lipinski definition) is 1. The predicted octanol–water partition coefficient (Wildman–Crippen LogP) is 2.47. The predicted molar refractivity (Wildman–Crippen MR) is 53.6 cm³/mol. The van der Waals surface area contributed by atoms with Gasteiger partial charge < -0.3 is 4.90 Å². The maximum Gasteiger partial charge on any atom is 0.244 e. The Kier molecular flexibility index (Phi) is 3.80. The standard InChI is InChI=1S/C10H9ClF3NO/c1-15(2)10(16)9(11)5-3-7(13)8(14)4-6(5)12/h3-4,9H,1-2H3. The first-order valence-corrected chi connectivity index (χ1v) is 4.78. The summed E-state index contributed by atoms with van der Waals surface area (Å²) in [5.41, 5.74) is -0.376. The quantitative estimate of drug-likeness (QED) is 0.584. The van der Waals surface area contributed by atoms with E-state index in [0.29, 0.717) is 12.1 Å². The molecular weight excluding hydrogens is 243 g/mol. The fourth-order valence-corrected chi connectivity index (χ4v) is 1.45. The fourth-order valence-electron chi connectivity index (χ4n) is 1.09. The zero-order valence-electron chi connectivity index (χ0n) is 8.60. The average Bonchev–Trinajstić information content (AvgIpc) is 2.21. The highest BCUT2D eigenvalue weighted by Gasteiger charge is 2.24. The Labute approximate surface area is 95.6 Å². The summed E-state index contributed by atoms with van der Waals surface area (Å²) >= 11 is 5.66. The maximum atomic E-state index is 13.2. The van der Waals surface area contributed by atoms with Crippen molar-refractivity contribution in [3.63, 3.8) is 0 Å². The number of likely N-dealkylation sites (N-methyl/N-ethyl adjacent to an activating group) is 1. The first kappa shape index (κ1) is 12.8. The molecule has 0 aromatic heterocycles. The summed E-state index contributed by atoms with van der Waals surface area (Å²) in [5, 5.41) is -1.37. The summed E-state index contributed by atoms with van der Waals surface area (Å²) in [6.07, 6.45) is 0. The molecule has 0 heterocycles. The van der Waals surface area contributed by atoms with Gasteiger partial charge in [0.2, 0.25) is 5.91 Å². The van der Waals surface area contributed by atoms with Gasteiger partial charge in [0, 0.05) is 25.7 Å². The van der Waals surface area contributed by atoms with E-state index in [-0.39, 0.29) is 5.56 Å². The Morgan fingerprint density at radius 3 is 2.19 bits per heavy atom. The van der Waals surface area contributed by atoms with Gasteiger partial charge in [-0.2, -0.15) is 0 Å². The molecule has 1 aromatic rings. The summed E-state index contributed by atoms with van der Waals surface area (Å²) in [5.74, 6) is -4.21. The second-order valence-electron chi connectivity index (χ2n) is 3.38. The molecule has 0 aliphatic carbocycles. The van der Waals surface area contributed by atoms with Gasteiger partial charge in [0.1, 0.15) is 11.2 Å². The molecule has 0 bridgehead atoms. The molecule has 0 saturated heterocycles. The second kappa shape index (κ2) is 4.74. The van der Waals surface area contributed by atoms with Gasteiger partial charge in [0.15, 0.2) is 11.6 Å². The molecule has 0 fully saturated rings. The van der Waals surface area contributed by atoms with E-state index in [1.807, 2.05) is 0 Å². The van der Waals surface area contributed by atoms with Gasteiger partial charge in [-0.25, -0.2) is 13.2 Å². The van der Waals surface area contributed by atoms with Crippen molar-refractivity contribution in [1.82, 2.24) is 4.90 Å². The van der Waals surface area contributed by atoms with Crippen LogP contribution in [0.15, 0.2) is 12.1 Å². The molecule has 6 heteroatoms. The van der Waals surface area contributed by atoms with Crippen LogP contribution in [0.3, 0.4) is 0 Å². The Hall–Kier alpha value is -1.23. The monoisotopic (exact) mass is 251 g/mol. The maximum absolute atomic E-state index is 13.2. The third-order valence-corrected chi connectivity index (χ3v) is 2.39. The normalized spacial score (nSPS) is 12.4. The summed E-state index contributed by atoms with van der Waals surface area (Å²) in [6, 6.07) is 0.951. The lowest BCUT2D eigenvalue weighted by molar-refractivity contribution is -0.128. The number of hydrogen-bond donors (Lipinski definition) is 0. The molecule has 0 spiro atoms. The van der Waals surface area contributed by atoms with Gasteiger partial charge in [-0.3, -0.25) is 4.79 Å². The van der Waals surface area contributed by atoms with Crippen molar-refractivity contribution in [3.05, 3.63) is 35.1 Å². The van der Waals surface area contributed by atoms with Crippen molar-refractivity contribution in [2.45, 2.75) is 5.38 Å². The Balaban J connectivity index is 3.14. The van der Waals surface area contributed by atoms with Gasteiger partial charge >= 0.3 is 0 Å². The molecule has 1 atom stereocenters. The van der Waals surface area contributed by atoms with E-state index in [1.54, 1.807) is 0 Å². The smallest absolute Gasteiger partial charge is 0.244 e. The minimum atomic E-state index is -1.37. The van der Waals surface area contributed by atoms with Crippen LogP contribution in [-0.2, 0) is 4.79 Å². The lowest BCUT2D eigenvalue weighted by Crippen LogP contribution is -2.26. The zero-order valence-corrected chi connectivity index (χ0v) is 9.36. The number of rotatable bonds is 2. The fraction of sp³-hybridized carbons (Fsp3) is 0.300. The zero-order chi connectivity index (χ0) is 12.5. The van der Waals surface area contributed by atoms with E-state index in [9.17, 15) is 18.0 Å². The van der Waals surface area contributed by atoms with Crippen LogP contribution < -0.4 is 0 Å². The van der Waals surface area contributed by atoms with Gasteiger partial charge in [-0.05, 0) is 6.07 Å². The summed E-state index contributed by atoms with van der Waals surface area (Å²) in [7, 11) is 2.85. The number of amides is 1. The molecule has 0 radical (unpaired) electrons. The van der Waals surface area contributed by atoms with Gasteiger partial charge in [-0.1, -0.05) is 0 Å². The van der Waals surface area contributed by atoms with Crippen molar-refractivity contribution in [2.24, 2.45) is 0 Å². The second-order valence-corrected chi connectivity index (χ2v) is 3.82. The molecule has 88 valence electrons. The van der Waals surface area contributed by atoms with E-state index in [0.717, 1.165) is 4.90 Å². The molecule has 0 saturated carbocycles. The minimum Gasteiger partial charge on any atom is -0.347 e. The van der Waals surface area contributed by atoms with Gasteiger partial charge in [0.05, 0.1) is 0 Å². The van der Waals surface area contributed by atoms with Crippen molar-refractivity contribution in [1.29, 1.82) is 0 Å². The van der Waals surface area contributed by atoms with Gasteiger partial charge in [0.25, 0.3) is 0 Å². The SMILES string of the molecule is CN(C)C(=O)C(Cl)c1cc(F)c(F)cc1F. The van der Waals surface area contributed by atoms with E-state index in [2.05, 4.69) is 0 Å². The van der Waals surface area contributed by atoms with E-state index >= 15 is 0 Å². The van der Waals surface area contributed by atoms with E-state index < -0.39 is 28.7 Å². The van der Waals surface area contributed by atoms with Crippen LogP contribution in [0.25, 0.3) is 0 Å². The molecule has 1 amide bonds. The molecule has 1 aromatic carbocycles. The van der Waals surface area contributed by atoms with E-state index in [4.69, 9.17) is 11.6 Å². The van der Waals surface area contributed by atoms with Crippen LogP contribution in [-0.4, -0.2) is 24.9 Å². The van der Waals surface area contributed by atoms with Crippen LogP contribution in [0.1, 0.15) is 10.9 Å². The summed E-state index contributed by atoms with van der Waals surface area (Å²) in [6.45, 7) is 0. The van der Waals surface area contributed by atoms with Crippen LogP contribution >= 0.6 is 11.6 Å². The van der Waals surface area contributed by atoms with Crippen molar-refractivity contribution in [3.8, 4) is 0 Å². The molecule has 0 aliphatic rings. The average molecular weight is 252 g/mol. The third kappa shape index (κ3) is 2.47. The number of halogens is 4. The van der Waals surface area contributed by atoms with Crippen LogP contribution in [0.5, 0.6) is 0 Å². The molecule has 16 heavy (non-hydrogen) atoms. The van der Waals surface area contributed by atoms with Crippen LogP contribution in [0.4, 0.5) is 13.2 Å². The molecule has 2 nitrogen and oxygen atoms in total.